The number of aromatic nitrogens is 1. The van der Waals surface area contributed by atoms with Crippen molar-refractivity contribution in [2.45, 2.75) is 24.8 Å². The highest BCUT2D eigenvalue weighted by atomic mass is 32.2. The summed E-state index contributed by atoms with van der Waals surface area (Å²) in [6, 6.07) is 4.22. The molecular formula is C12H18N2S. The lowest BCUT2D eigenvalue weighted by Crippen LogP contribution is -2.30. The van der Waals surface area contributed by atoms with Gasteiger partial charge in [0.1, 0.15) is 0 Å². The van der Waals surface area contributed by atoms with Gasteiger partial charge in [0.25, 0.3) is 0 Å². The monoisotopic (exact) mass is 222 g/mol. The first-order valence-electron chi connectivity index (χ1n) is 5.61. The number of pyridine rings is 1. The van der Waals surface area contributed by atoms with Gasteiger partial charge in [-0.3, -0.25) is 0 Å². The van der Waals surface area contributed by atoms with Crippen LogP contribution in [0.4, 0.5) is 0 Å². The Morgan fingerprint density at radius 1 is 1.60 bits per heavy atom. The fourth-order valence-electron chi connectivity index (χ4n) is 1.86. The van der Waals surface area contributed by atoms with E-state index >= 15 is 0 Å². The van der Waals surface area contributed by atoms with Crippen molar-refractivity contribution in [2.24, 2.45) is 5.92 Å². The van der Waals surface area contributed by atoms with Crippen molar-refractivity contribution < 1.29 is 0 Å². The van der Waals surface area contributed by atoms with Crippen LogP contribution in [-0.4, -0.2) is 23.8 Å². The predicted octanol–water partition coefficient (Wildman–Crippen LogP) is 2.48. The molecule has 1 aromatic heterocycles. The molecule has 1 aliphatic heterocycles. The van der Waals surface area contributed by atoms with Gasteiger partial charge in [0.2, 0.25) is 0 Å². The molecule has 1 fully saturated rings. The molecule has 82 valence electrons. The summed E-state index contributed by atoms with van der Waals surface area (Å²) in [5.41, 5.74) is 1.30. The zero-order chi connectivity index (χ0) is 10.5. The van der Waals surface area contributed by atoms with Crippen molar-refractivity contribution in [1.29, 1.82) is 0 Å². The Bertz CT molecular complexity index is 308. The van der Waals surface area contributed by atoms with E-state index in [2.05, 4.69) is 23.3 Å². The molecule has 1 aliphatic rings. The highest BCUT2D eigenvalue weighted by molar-refractivity contribution is 7.99. The van der Waals surface area contributed by atoms with E-state index in [0.717, 1.165) is 5.92 Å². The van der Waals surface area contributed by atoms with Gasteiger partial charge >= 0.3 is 0 Å². The van der Waals surface area contributed by atoms with Gasteiger partial charge in [-0.25, -0.2) is 4.98 Å². The van der Waals surface area contributed by atoms with Crippen molar-refractivity contribution in [3.63, 3.8) is 0 Å². The standard InChI is InChI=1S/C12H18N2S/c1-10-4-6-14-12(7-10)15-9-11-3-2-5-13-8-11/h4,6-7,11,13H,2-3,5,8-9H2,1H3/t11-/m1/s1. The fourth-order valence-corrected chi connectivity index (χ4v) is 2.95. The van der Waals surface area contributed by atoms with E-state index in [9.17, 15) is 0 Å². The van der Waals surface area contributed by atoms with Crippen LogP contribution < -0.4 is 5.32 Å². The first-order chi connectivity index (χ1) is 7.34. The van der Waals surface area contributed by atoms with Gasteiger partial charge in [-0.05, 0) is 56.5 Å². The Kier molecular flexibility index (Phi) is 4.03. The summed E-state index contributed by atoms with van der Waals surface area (Å²) in [7, 11) is 0. The van der Waals surface area contributed by atoms with Gasteiger partial charge in [-0.1, -0.05) is 0 Å². The van der Waals surface area contributed by atoms with Crippen molar-refractivity contribution in [1.82, 2.24) is 10.3 Å². The van der Waals surface area contributed by atoms with E-state index in [1.807, 2.05) is 24.0 Å². The summed E-state index contributed by atoms with van der Waals surface area (Å²) >= 11 is 1.89. The molecule has 0 unspecified atom stereocenters. The predicted molar refractivity (Wildman–Crippen MR) is 65.3 cm³/mol. The molecule has 1 atom stereocenters. The molecule has 1 N–H and O–H groups in total. The quantitative estimate of drug-likeness (QED) is 0.795. The van der Waals surface area contributed by atoms with Crippen molar-refractivity contribution in [3.05, 3.63) is 23.9 Å². The lowest BCUT2D eigenvalue weighted by Gasteiger charge is -2.21. The van der Waals surface area contributed by atoms with Crippen molar-refractivity contribution in [2.75, 3.05) is 18.8 Å². The molecule has 0 amide bonds. The second-order valence-electron chi connectivity index (χ2n) is 4.19. The molecule has 0 spiro atoms. The SMILES string of the molecule is Cc1ccnc(SC[C@@H]2CCCNC2)c1. The number of hydrogen-bond acceptors (Lipinski definition) is 3. The van der Waals surface area contributed by atoms with Gasteiger partial charge in [-0.15, -0.1) is 11.8 Å². The Labute approximate surface area is 95.9 Å². The van der Waals surface area contributed by atoms with Crippen LogP contribution in [0.25, 0.3) is 0 Å². The Morgan fingerprint density at radius 3 is 3.27 bits per heavy atom. The average Bonchev–Trinajstić information content (AvgIpc) is 2.28. The highest BCUT2D eigenvalue weighted by Gasteiger charge is 2.13. The normalized spacial score (nSPS) is 21.5. The van der Waals surface area contributed by atoms with Crippen LogP contribution >= 0.6 is 11.8 Å². The summed E-state index contributed by atoms with van der Waals surface area (Å²) < 4.78 is 0. The lowest BCUT2D eigenvalue weighted by molar-refractivity contribution is 0.410. The van der Waals surface area contributed by atoms with Gasteiger partial charge in [0.05, 0.1) is 5.03 Å². The second-order valence-corrected chi connectivity index (χ2v) is 5.24. The van der Waals surface area contributed by atoms with Gasteiger partial charge in [0, 0.05) is 11.9 Å². The van der Waals surface area contributed by atoms with E-state index in [4.69, 9.17) is 0 Å². The average molecular weight is 222 g/mol. The maximum Gasteiger partial charge on any atom is 0.0962 e. The second kappa shape index (κ2) is 5.52. The van der Waals surface area contributed by atoms with Crippen LogP contribution in [0.1, 0.15) is 18.4 Å². The Morgan fingerprint density at radius 2 is 2.53 bits per heavy atom. The molecular weight excluding hydrogens is 204 g/mol. The number of aryl methyl sites for hydroxylation is 1. The van der Waals surface area contributed by atoms with Gasteiger partial charge < -0.3 is 5.32 Å². The third-order valence-corrected chi connectivity index (χ3v) is 3.91. The molecule has 0 bridgehead atoms. The van der Waals surface area contributed by atoms with E-state index in [0.29, 0.717) is 0 Å². The Hall–Kier alpha value is -0.540. The first-order valence-corrected chi connectivity index (χ1v) is 6.59. The van der Waals surface area contributed by atoms with E-state index in [1.54, 1.807) is 0 Å². The first kappa shape index (κ1) is 11.0. The largest absolute Gasteiger partial charge is 0.316 e. The lowest BCUT2D eigenvalue weighted by atomic mass is 10.0. The zero-order valence-corrected chi connectivity index (χ0v) is 10.0. The summed E-state index contributed by atoms with van der Waals surface area (Å²) in [6.45, 7) is 4.50. The number of rotatable bonds is 3. The van der Waals surface area contributed by atoms with E-state index < -0.39 is 0 Å². The van der Waals surface area contributed by atoms with Crippen molar-refractivity contribution in [3.8, 4) is 0 Å². The molecule has 15 heavy (non-hydrogen) atoms. The number of piperidine rings is 1. The van der Waals surface area contributed by atoms with Crippen LogP contribution in [-0.2, 0) is 0 Å². The smallest absolute Gasteiger partial charge is 0.0962 e. The fraction of sp³-hybridized carbons (Fsp3) is 0.583. The van der Waals surface area contributed by atoms with Gasteiger partial charge in [0.15, 0.2) is 0 Å². The van der Waals surface area contributed by atoms with Gasteiger partial charge in [-0.2, -0.15) is 0 Å². The topological polar surface area (TPSA) is 24.9 Å². The number of thioether (sulfide) groups is 1. The number of nitrogens with one attached hydrogen (secondary N) is 1. The highest BCUT2D eigenvalue weighted by Crippen LogP contribution is 2.22. The Balaban J connectivity index is 1.81. The molecule has 2 nitrogen and oxygen atoms in total. The molecule has 0 radical (unpaired) electrons. The molecule has 2 heterocycles. The molecule has 1 aromatic rings. The zero-order valence-electron chi connectivity index (χ0n) is 9.20. The maximum atomic E-state index is 4.37. The van der Waals surface area contributed by atoms with Crippen LogP contribution in [0, 0.1) is 12.8 Å². The molecule has 1 saturated heterocycles. The molecule has 3 heteroatoms. The maximum absolute atomic E-state index is 4.37. The van der Waals surface area contributed by atoms with Crippen LogP contribution in [0.2, 0.25) is 0 Å². The third kappa shape index (κ3) is 3.50. The number of hydrogen-bond donors (Lipinski definition) is 1. The van der Waals surface area contributed by atoms with Crippen LogP contribution in [0.15, 0.2) is 23.4 Å². The van der Waals surface area contributed by atoms with Crippen LogP contribution in [0.5, 0.6) is 0 Å². The van der Waals surface area contributed by atoms with Crippen molar-refractivity contribution >= 4 is 11.8 Å². The molecule has 0 saturated carbocycles. The third-order valence-electron chi connectivity index (χ3n) is 2.76. The van der Waals surface area contributed by atoms with E-state index in [-0.39, 0.29) is 0 Å². The minimum atomic E-state index is 0.825. The summed E-state index contributed by atoms with van der Waals surface area (Å²) in [6.07, 6.45) is 4.59. The summed E-state index contributed by atoms with van der Waals surface area (Å²) in [5.74, 6) is 2.02. The summed E-state index contributed by atoms with van der Waals surface area (Å²) in [4.78, 5) is 4.37. The number of nitrogens with zero attached hydrogens (tertiary/aromatic N) is 1. The minimum Gasteiger partial charge on any atom is -0.316 e. The molecule has 0 aliphatic carbocycles. The van der Waals surface area contributed by atoms with E-state index in [1.165, 1.54) is 42.3 Å². The minimum absolute atomic E-state index is 0.825. The molecule has 0 aromatic carbocycles. The molecule has 2 rings (SSSR count). The summed E-state index contributed by atoms with van der Waals surface area (Å²) in [5, 5.41) is 4.62. The van der Waals surface area contributed by atoms with Crippen LogP contribution in [0.3, 0.4) is 0 Å².